The largest absolute Gasteiger partial charge is 0.445 e. The Balaban J connectivity index is 1.35. The lowest BCUT2D eigenvalue weighted by Crippen LogP contribution is -2.44. The second kappa shape index (κ2) is 8.85. The summed E-state index contributed by atoms with van der Waals surface area (Å²) < 4.78 is 5.36. The van der Waals surface area contributed by atoms with Crippen LogP contribution >= 0.6 is 0 Å². The van der Waals surface area contributed by atoms with Crippen LogP contribution in [0.25, 0.3) is 0 Å². The number of amides is 2. The summed E-state index contributed by atoms with van der Waals surface area (Å²) in [6, 6.07) is 9.65. The predicted octanol–water partition coefficient (Wildman–Crippen LogP) is 1.76. The molecule has 2 heterocycles. The summed E-state index contributed by atoms with van der Waals surface area (Å²) in [5, 5.41) is 6.38. The van der Waals surface area contributed by atoms with E-state index in [9.17, 15) is 9.59 Å². The van der Waals surface area contributed by atoms with E-state index in [1.807, 2.05) is 30.3 Å². The number of hydrogen-bond acceptors (Lipinski definition) is 4. The first-order chi connectivity index (χ1) is 12.2. The molecule has 2 amide bonds. The van der Waals surface area contributed by atoms with E-state index in [1.54, 1.807) is 4.90 Å². The number of ether oxygens (including phenoxy) is 1. The summed E-state index contributed by atoms with van der Waals surface area (Å²) in [7, 11) is 0. The Hall–Kier alpha value is -2.08. The van der Waals surface area contributed by atoms with Gasteiger partial charge in [0.25, 0.3) is 0 Å². The number of nitrogens with zero attached hydrogens (tertiary/aromatic N) is 1. The highest BCUT2D eigenvalue weighted by Crippen LogP contribution is 2.19. The van der Waals surface area contributed by atoms with Gasteiger partial charge in [-0.3, -0.25) is 4.79 Å². The Labute approximate surface area is 148 Å². The number of carbonyl (C=O) groups excluding carboxylic acids is 2. The lowest BCUT2D eigenvalue weighted by Gasteiger charge is -2.30. The predicted molar refractivity (Wildman–Crippen MR) is 94.9 cm³/mol. The summed E-state index contributed by atoms with van der Waals surface area (Å²) in [5.41, 5.74) is 0.978. The summed E-state index contributed by atoms with van der Waals surface area (Å²) in [6.07, 6.45) is 2.25. The fraction of sp³-hybridized carbons (Fsp3) is 0.579. The molecule has 2 aliphatic heterocycles. The van der Waals surface area contributed by atoms with Crippen molar-refractivity contribution in [1.82, 2.24) is 15.5 Å². The van der Waals surface area contributed by atoms with Crippen LogP contribution in [0.3, 0.4) is 0 Å². The van der Waals surface area contributed by atoms with E-state index in [-0.39, 0.29) is 24.5 Å². The third-order valence-corrected chi connectivity index (χ3v) is 5.06. The molecule has 1 aromatic carbocycles. The number of piperidine rings is 1. The van der Waals surface area contributed by atoms with Crippen LogP contribution in [-0.4, -0.2) is 49.6 Å². The molecule has 0 aromatic heterocycles. The maximum atomic E-state index is 12.3. The minimum atomic E-state index is -0.292. The lowest BCUT2D eigenvalue weighted by molar-refractivity contribution is -0.126. The quantitative estimate of drug-likeness (QED) is 0.853. The van der Waals surface area contributed by atoms with Crippen LogP contribution in [0.2, 0.25) is 0 Å². The van der Waals surface area contributed by atoms with Crippen molar-refractivity contribution >= 4 is 12.0 Å². The molecular formula is C19H27N3O3. The van der Waals surface area contributed by atoms with Crippen molar-refractivity contribution in [3.8, 4) is 0 Å². The van der Waals surface area contributed by atoms with E-state index < -0.39 is 0 Å². The SMILES string of the molecule is O=C(NCC1CCNC1)C1CCN(C(=O)OCc2ccccc2)CC1. The molecule has 2 N–H and O–H groups in total. The van der Waals surface area contributed by atoms with Crippen LogP contribution in [0, 0.1) is 11.8 Å². The molecule has 6 heteroatoms. The van der Waals surface area contributed by atoms with Gasteiger partial charge in [-0.1, -0.05) is 30.3 Å². The Morgan fingerprint density at radius 2 is 1.92 bits per heavy atom. The Morgan fingerprint density at radius 3 is 2.60 bits per heavy atom. The van der Waals surface area contributed by atoms with Gasteiger partial charge in [0.15, 0.2) is 0 Å². The molecule has 0 bridgehead atoms. The van der Waals surface area contributed by atoms with E-state index in [2.05, 4.69) is 10.6 Å². The number of carbonyl (C=O) groups is 2. The molecule has 0 radical (unpaired) electrons. The van der Waals surface area contributed by atoms with E-state index in [0.717, 1.165) is 31.6 Å². The summed E-state index contributed by atoms with van der Waals surface area (Å²) in [6.45, 7) is 4.24. The van der Waals surface area contributed by atoms with Crippen molar-refractivity contribution in [2.75, 3.05) is 32.7 Å². The first-order valence-electron chi connectivity index (χ1n) is 9.16. The van der Waals surface area contributed by atoms with Crippen LogP contribution in [0.1, 0.15) is 24.8 Å². The number of nitrogens with one attached hydrogen (secondary N) is 2. The molecule has 1 atom stereocenters. The maximum Gasteiger partial charge on any atom is 0.410 e. The van der Waals surface area contributed by atoms with Gasteiger partial charge in [0.1, 0.15) is 6.61 Å². The molecule has 6 nitrogen and oxygen atoms in total. The monoisotopic (exact) mass is 345 g/mol. The van der Waals surface area contributed by atoms with E-state index in [4.69, 9.17) is 4.74 Å². The topological polar surface area (TPSA) is 70.7 Å². The molecule has 1 aromatic rings. The first kappa shape index (κ1) is 17.7. The molecule has 2 fully saturated rings. The van der Waals surface area contributed by atoms with Crippen molar-refractivity contribution < 1.29 is 14.3 Å². The van der Waals surface area contributed by atoms with Crippen LogP contribution in [0.15, 0.2) is 30.3 Å². The molecule has 2 aliphatic rings. The van der Waals surface area contributed by atoms with Crippen LogP contribution in [0.5, 0.6) is 0 Å². The fourth-order valence-corrected chi connectivity index (χ4v) is 3.41. The van der Waals surface area contributed by atoms with Gasteiger partial charge in [0.05, 0.1) is 0 Å². The number of benzene rings is 1. The third-order valence-electron chi connectivity index (χ3n) is 5.06. The highest BCUT2D eigenvalue weighted by molar-refractivity contribution is 5.79. The molecular weight excluding hydrogens is 318 g/mol. The van der Waals surface area contributed by atoms with Gasteiger partial charge in [0.2, 0.25) is 5.91 Å². The standard InChI is InChI=1S/C19H27N3O3/c23-18(21-13-16-6-9-20-12-16)17-7-10-22(11-8-17)19(24)25-14-15-4-2-1-3-5-15/h1-5,16-17,20H,6-14H2,(H,21,23). The van der Waals surface area contributed by atoms with Gasteiger partial charge in [-0.05, 0) is 43.8 Å². The number of hydrogen-bond donors (Lipinski definition) is 2. The molecule has 0 saturated carbocycles. The minimum absolute atomic E-state index is 0.00698. The molecule has 0 spiro atoms. The van der Waals surface area contributed by atoms with Crippen molar-refractivity contribution in [3.05, 3.63) is 35.9 Å². The van der Waals surface area contributed by atoms with Gasteiger partial charge in [-0.15, -0.1) is 0 Å². The molecule has 3 rings (SSSR count). The second-order valence-corrected chi connectivity index (χ2v) is 6.91. The number of rotatable bonds is 5. The number of likely N-dealkylation sites (tertiary alicyclic amines) is 1. The van der Waals surface area contributed by atoms with Crippen LogP contribution in [0.4, 0.5) is 4.79 Å². The Bertz CT molecular complexity index is 565. The molecule has 2 saturated heterocycles. The van der Waals surface area contributed by atoms with Gasteiger partial charge in [-0.25, -0.2) is 4.79 Å². The zero-order chi connectivity index (χ0) is 17.5. The first-order valence-corrected chi connectivity index (χ1v) is 9.16. The third kappa shape index (κ3) is 5.19. The van der Waals surface area contributed by atoms with Gasteiger partial charge >= 0.3 is 6.09 Å². The average molecular weight is 345 g/mol. The fourth-order valence-electron chi connectivity index (χ4n) is 3.41. The van der Waals surface area contributed by atoms with E-state index in [0.29, 0.717) is 31.8 Å². The second-order valence-electron chi connectivity index (χ2n) is 6.91. The van der Waals surface area contributed by atoms with Crippen molar-refractivity contribution in [3.63, 3.8) is 0 Å². The van der Waals surface area contributed by atoms with Crippen molar-refractivity contribution in [2.45, 2.75) is 25.9 Å². The van der Waals surface area contributed by atoms with E-state index in [1.165, 1.54) is 0 Å². The molecule has 1 unspecified atom stereocenters. The van der Waals surface area contributed by atoms with Crippen LogP contribution < -0.4 is 10.6 Å². The highest BCUT2D eigenvalue weighted by atomic mass is 16.6. The lowest BCUT2D eigenvalue weighted by atomic mass is 9.96. The van der Waals surface area contributed by atoms with Crippen LogP contribution in [-0.2, 0) is 16.1 Å². The molecule has 25 heavy (non-hydrogen) atoms. The van der Waals surface area contributed by atoms with E-state index >= 15 is 0 Å². The normalized spacial score (nSPS) is 21.1. The smallest absolute Gasteiger partial charge is 0.410 e. The minimum Gasteiger partial charge on any atom is -0.445 e. The maximum absolute atomic E-state index is 12.3. The Kier molecular flexibility index (Phi) is 6.28. The summed E-state index contributed by atoms with van der Waals surface area (Å²) >= 11 is 0. The zero-order valence-electron chi connectivity index (χ0n) is 14.6. The summed E-state index contributed by atoms with van der Waals surface area (Å²) in [5.74, 6) is 0.689. The van der Waals surface area contributed by atoms with Crippen molar-refractivity contribution in [1.29, 1.82) is 0 Å². The average Bonchev–Trinajstić information content (AvgIpc) is 3.19. The molecule has 136 valence electrons. The zero-order valence-corrected chi connectivity index (χ0v) is 14.6. The van der Waals surface area contributed by atoms with Crippen molar-refractivity contribution in [2.24, 2.45) is 11.8 Å². The Morgan fingerprint density at radius 1 is 1.16 bits per heavy atom. The van der Waals surface area contributed by atoms with Gasteiger partial charge in [-0.2, -0.15) is 0 Å². The highest BCUT2D eigenvalue weighted by Gasteiger charge is 2.28. The summed E-state index contributed by atoms with van der Waals surface area (Å²) in [4.78, 5) is 26.1. The molecule has 0 aliphatic carbocycles. The van der Waals surface area contributed by atoms with Gasteiger partial charge in [0, 0.05) is 25.6 Å². The van der Waals surface area contributed by atoms with Gasteiger partial charge < -0.3 is 20.3 Å².